The molecule has 0 saturated carbocycles. The van der Waals surface area contributed by atoms with Crippen LogP contribution in [-0.2, 0) is 19.5 Å². The molecule has 22 heavy (non-hydrogen) atoms. The molecule has 2 aromatic carbocycles. The van der Waals surface area contributed by atoms with Crippen LogP contribution in [0.25, 0.3) is 10.9 Å². The number of hydrogen-bond donors (Lipinski definition) is 1. The summed E-state index contributed by atoms with van der Waals surface area (Å²) in [6, 6.07) is 15.9. The summed E-state index contributed by atoms with van der Waals surface area (Å²) >= 11 is 0. The molecule has 1 atom stereocenters. The number of hydrogen-bond acceptors (Lipinski definition) is 1. The number of nitrogens with one attached hydrogen (secondary N) is 1. The summed E-state index contributed by atoms with van der Waals surface area (Å²) in [5.74, 6) is -0.182. The van der Waals surface area contributed by atoms with Gasteiger partial charge in [0.05, 0.1) is 0 Å². The second kappa shape index (κ2) is 5.25. The number of rotatable bonds is 2. The summed E-state index contributed by atoms with van der Waals surface area (Å²) in [6.45, 7) is 3.91. The molecule has 2 nitrogen and oxygen atoms in total. The van der Waals surface area contributed by atoms with Crippen molar-refractivity contribution >= 4 is 10.9 Å². The Morgan fingerprint density at radius 1 is 1.14 bits per heavy atom. The molecule has 1 N–H and O–H groups in total. The Hall–Kier alpha value is -2.13. The van der Waals surface area contributed by atoms with Crippen LogP contribution in [-0.4, -0.2) is 10.6 Å². The molecular weight excluding hydrogens is 275 g/mol. The van der Waals surface area contributed by atoms with Crippen molar-refractivity contribution < 1.29 is 4.39 Å². The first kappa shape index (κ1) is 13.5. The third-order valence-electron chi connectivity index (χ3n) is 4.58. The zero-order valence-corrected chi connectivity index (χ0v) is 12.6. The van der Waals surface area contributed by atoms with E-state index in [1.165, 1.54) is 34.3 Å². The topological polar surface area (TPSA) is 17.0 Å². The van der Waals surface area contributed by atoms with Crippen molar-refractivity contribution in [3.05, 3.63) is 71.2 Å². The monoisotopic (exact) mass is 294 g/mol. The number of halogens is 1. The standard InChI is InChI=1S/C19H19FN2/c1-13-10-17-16-4-2-3-5-18(16)22(19(17)11-21-13)12-14-6-8-15(20)9-7-14/h2-9,13,21H,10-12H2,1H3. The molecule has 0 fully saturated rings. The lowest BCUT2D eigenvalue weighted by Gasteiger charge is -2.22. The van der Waals surface area contributed by atoms with Crippen LogP contribution >= 0.6 is 0 Å². The first-order valence-electron chi connectivity index (χ1n) is 7.79. The Labute approximate surface area is 129 Å². The van der Waals surface area contributed by atoms with Gasteiger partial charge in [0.2, 0.25) is 0 Å². The van der Waals surface area contributed by atoms with Gasteiger partial charge in [-0.05, 0) is 42.7 Å². The molecule has 1 unspecified atom stereocenters. The Bertz CT molecular complexity index is 817. The fourth-order valence-corrected chi connectivity index (χ4v) is 3.46. The fraction of sp³-hybridized carbons (Fsp3) is 0.263. The van der Waals surface area contributed by atoms with Crippen molar-refractivity contribution in [1.82, 2.24) is 9.88 Å². The van der Waals surface area contributed by atoms with Crippen LogP contribution in [0.2, 0.25) is 0 Å². The summed E-state index contributed by atoms with van der Waals surface area (Å²) in [4.78, 5) is 0. The molecule has 112 valence electrons. The van der Waals surface area contributed by atoms with E-state index in [4.69, 9.17) is 0 Å². The van der Waals surface area contributed by atoms with Gasteiger partial charge in [0.15, 0.2) is 0 Å². The molecule has 3 heteroatoms. The van der Waals surface area contributed by atoms with E-state index in [1.54, 1.807) is 0 Å². The first-order chi connectivity index (χ1) is 10.7. The number of benzene rings is 2. The van der Waals surface area contributed by atoms with Crippen LogP contribution in [0.5, 0.6) is 0 Å². The van der Waals surface area contributed by atoms with Crippen LogP contribution in [0.1, 0.15) is 23.7 Å². The number of para-hydroxylation sites is 1. The average molecular weight is 294 g/mol. The van der Waals surface area contributed by atoms with Crippen LogP contribution < -0.4 is 5.32 Å². The summed E-state index contributed by atoms with van der Waals surface area (Å²) in [7, 11) is 0. The van der Waals surface area contributed by atoms with Gasteiger partial charge in [-0.15, -0.1) is 0 Å². The molecule has 0 amide bonds. The number of aromatic nitrogens is 1. The number of fused-ring (bicyclic) bond motifs is 3. The van der Waals surface area contributed by atoms with Gasteiger partial charge in [-0.1, -0.05) is 30.3 Å². The molecule has 1 aliphatic rings. The molecule has 2 heterocycles. The predicted octanol–water partition coefficient (Wildman–Crippen LogP) is 3.86. The highest BCUT2D eigenvalue weighted by Crippen LogP contribution is 2.30. The molecular formula is C19H19FN2. The molecule has 3 aromatic rings. The third-order valence-corrected chi connectivity index (χ3v) is 4.58. The van der Waals surface area contributed by atoms with Crippen molar-refractivity contribution in [3.8, 4) is 0 Å². The van der Waals surface area contributed by atoms with Crippen molar-refractivity contribution in [2.75, 3.05) is 0 Å². The Balaban J connectivity index is 1.84. The van der Waals surface area contributed by atoms with E-state index in [0.717, 1.165) is 25.1 Å². The predicted molar refractivity (Wildman–Crippen MR) is 87.4 cm³/mol. The molecule has 1 aliphatic heterocycles. The normalized spacial score (nSPS) is 17.6. The second-order valence-electron chi connectivity index (χ2n) is 6.14. The van der Waals surface area contributed by atoms with E-state index in [-0.39, 0.29) is 5.82 Å². The summed E-state index contributed by atoms with van der Waals surface area (Å²) in [6.07, 6.45) is 1.06. The van der Waals surface area contributed by atoms with E-state index < -0.39 is 0 Å². The highest BCUT2D eigenvalue weighted by Gasteiger charge is 2.22. The van der Waals surface area contributed by atoms with Gasteiger partial charge in [-0.25, -0.2) is 4.39 Å². The van der Waals surface area contributed by atoms with Crippen LogP contribution in [0.4, 0.5) is 4.39 Å². The molecule has 0 aliphatic carbocycles. The largest absolute Gasteiger partial charge is 0.339 e. The van der Waals surface area contributed by atoms with Crippen molar-refractivity contribution in [3.63, 3.8) is 0 Å². The van der Waals surface area contributed by atoms with Gasteiger partial charge in [-0.3, -0.25) is 0 Å². The fourth-order valence-electron chi connectivity index (χ4n) is 3.46. The molecule has 1 aromatic heterocycles. The van der Waals surface area contributed by atoms with Gasteiger partial charge in [0, 0.05) is 35.7 Å². The highest BCUT2D eigenvalue weighted by molar-refractivity contribution is 5.86. The van der Waals surface area contributed by atoms with Crippen LogP contribution in [0.3, 0.4) is 0 Å². The molecule has 0 bridgehead atoms. The van der Waals surface area contributed by atoms with E-state index in [2.05, 4.69) is 41.1 Å². The minimum Gasteiger partial charge on any atom is -0.339 e. The zero-order valence-electron chi connectivity index (χ0n) is 12.6. The van der Waals surface area contributed by atoms with Crippen molar-refractivity contribution in [2.24, 2.45) is 0 Å². The SMILES string of the molecule is CC1Cc2c(n(Cc3ccc(F)cc3)c3ccccc23)CN1. The lowest BCUT2D eigenvalue weighted by atomic mass is 10.00. The molecule has 0 radical (unpaired) electrons. The Kier molecular flexibility index (Phi) is 3.23. The number of nitrogens with zero attached hydrogens (tertiary/aromatic N) is 1. The Morgan fingerprint density at radius 2 is 1.91 bits per heavy atom. The lowest BCUT2D eigenvalue weighted by Crippen LogP contribution is -2.33. The molecule has 0 spiro atoms. The Morgan fingerprint density at radius 3 is 2.73 bits per heavy atom. The molecule has 0 saturated heterocycles. The molecule has 4 rings (SSSR count). The van der Waals surface area contributed by atoms with Gasteiger partial charge in [0.1, 0.15) is 5.82 Å². The zero-order chi connectivity index (χ0) is 15.1. The van der Waals surface area contributed by atoms with Crippen molar-refractivity contribution in [1.29, 1.82) is 0 Å². The van der Waals surface area contributed by atoms with Gasteiger partial charge < -0.3 is 9.88 Å². The second-order valence-corrected chi connectivity index (χ2v) is 6.14. The first-order valence-corrected chi connectivity index (χ1v) is 7.79. The highest BCUT2D eigenvalue weighted by atomic mass is 19.1. The quantitative estimate of drug-likeness (QED) is 0.759. The smallest absolute Gasteiger partial charge is 0.123 e. The van der Waals surface area contributed by atoms with E-state index in [0.29, 0.717) is 6.04 Å². The third kappa shape index (κ3) is 2.22. The minimum absolute atomic E-state index is 0.182. The average Bonchev–Trinajstić information content (AvgIpc) is 2.83. The van der Waals surface area contributed by atoms with Gasteiger partial charge >= 0.3 is 0 Å². The van der Waals surface area contributed by atoms with E-state index in [9.17, 15) is 4.39 Å². The van der Waals surface area contributed by atoms with Gasteiger partial charge in [-0.2, -0.15) is 0 Å². The maximum absolute atomic E-state index is 13.1. The maximum Gasteiger partial charge on any atom is 0.123 e. The minimum atomic E-state index is -0.182. The van der Waals surface area contributed by atoms with E-state index in [1.807, 2.05) is 12.1 Å². The summed E-state index contributed by atoms with van der Waals surface area (Å²) in [5, 5.41) is 4.91. The lowest BCUT2D eigenvalue weighted by molar-refractivity contribution is 0.497. The van der Waals surface area contributed by atoms with Gasteiger partial charge in [0.25, 0.3) is 0 Å². The van der Waals surface area contributed by atoms with Crippen LogP contribution in [0.15, 0.2) is 48.5 Å². The summed E-state index contributed by atoms with van der Waals surface area (Å²) in [5.41, 5.74) is 5.23. The van der Waals surface area contributed by atoms with Crippen molar-refractivity contribution in [2.45, 2.75) is 32.5 Å². The maximum atomic E-state index is 13.1. The summed E-state index contributed by atoms with van der Waals surface area (Å²) < 4.78 is 15.5. The van der Waals surface area contributed by atoms with E-state index >= 15 is 0 Å². The van der Waals surface area contributed by atoms with Crippen LogP contribution in [0, 0.1) is 5.82 Å².